The van der Waals surface area contributed by atoms with Crippen LogP contribution in [0.15, 0.2) is 48.9 Å². The Kier molecular flexibility index (Phi) is 3.97. The van der Waals surface area contributed by atoms with Crippen molar-refractivity contribution in [2.75, 3.05) is 6.54 Å². The molecule has 1 aromatic carbocycles. The minimum Gasteiger partial charge on any atom is -0.329 e. The van der Waals surface area contributed by atoms with Gasteiger partial charge in [0.15, 0.2) is 0 Å². The summed E-state index contributed by atoms with van der Waals surface area (Å²) in [5, 5.41) is 0.120. The molecule has 0 unspecified atom stereocenters. The molecule has 3 heterocycles. The summed E-state index contributed by atoms with van der Waals surface area (Å²) in [6.07, 6.45) is 5.31. The van der Waals surface area contributed by atoms with Crippen LogP contribution in [-0.4, -0.2) is 31.9 Å². The van der Waals surface area contributed by atoms with Crippen molar-refractivity contribution < 1.29 is 9.18 Å². The Morgan fingerprint density at radius 1 is 1.20 bits per heavy atom. The van der Waals surface area contributed by atoms with Gasteiger partial charge >= 0.3 is 0 Å². The van der Waals surface area contributed by atoms with E-state index in [1.54, 1.807) is 23.5 Å². The zero-order chi connectivity index (χ0) is 17.4. The van der Waals surface area contributed by atoms with Gasteiger partial charge in [-0.3, -0.25) is 9.78 Å². The number of amides is 1. The van der Waals surface area contributed by atoms with Gasteiger partial charge in [0.1, 0.15) is 11.6 Å². The maximum atomic E-state index is 13.2. The summed E-state index contributed by atoms with van der Waals surface area (Å²) in [7, 11) is 0. The van der Waals surface area contributed by atoms with Crippen molar-refractivity contribution in [3.8, 4) is 11.3 Å². The number of carbonyl (C=O) groups is 1. The molecule has 0 atom stereocenters. The maximum absolute atomic E-state index is 13.2. The van der Waals surface area contributed by atoms with E-state index in [0.717, 1.165) is 23.1 Å². The van der Waals surface area contributed by atoms with Crippen molar-refractivity contribution in [1.29, 1.82) is 0 Å². The lowest BCUT2D eigenvalue weighted by molar-refractivity contribution is 0.0708. The number of imidazole rings is 1. The van der Waals surface area contributed by atoms with Crippen LogP contribution in [0.4, 0.5) is 4.39 Å². The molecule has 3 aromatic rings. The molecular formula is C18H14ClFN4O. The second-order valence-electron chi connectivity index (χ2n) is 5.80. The highest BCUT2D eigenvalue weighted by molar-refractivity contribution is 6.33. The number of aromatic nitrogens is 3. The van der Waals surface area contributed by atoms with Crippen molar-refractivity contribution >= 4 is 17.5 Å². The van der Waals surface area contributed by atoms with Crippen LogP contribution in [0.3, 0.4) is 0 Å². The molecule has 0 saturated heterocycles. The van der Waals surface area contributed by atoms with Gasteiger partial charge < -0.3 is 9.47 Å². The summed E-state index contributed by atoms with van der Waals surface area (Å²) in [4.78, 5) is 22.9. The predicted octanol–water partition coefficient (Wildman–Crippen LogP) is 3.39. The molecule has 0 bridgehead atoms. The second kappa shape index (κ2) is 6.29. The minimum atomic E-state index is -0.461. The van der Waals surface area contributed by atoms with E-state index in [2.05, 4.69) is 14.5 Å². The summed E-state index contributed by atoms with van der Waals surface area (Å²) in [5.74, 6) is 0.121. The fraction of sp³-hybridized carbons (Fsp3) is 0.167. The van der Waals surface area contributed by atoms with Crippen LogP contribution in [0.1, 0.15) is 16.2 Å². The number of rotatable bonds is 2. The molecule has 0 spiro atoms. The maximum Gasteiger partial charge on any atom is 0.255 e. The molecule has 0 saturated carbocycles. The van der Waals surface area contributed by atoms with Crippen molar-refractivity contribution in [1.82, 2.24) is 19.4 Å². The third-order valence-electron chi connectivity index (χ3n) is 4.27. The summed E-state index contributed by atoms with van der Waals surface area (Å²) in [5.41, 5.74) is 2.27. The van der Waals surface area contributed by atoms with Gasteiger partial charge in [0, 0.05) is 31.0 Å². The minimum absolute atomic E-state index is 0.120. The zero-order valence-electron chi connectivity index (χ0n) is 13.2. The van der Waals surface area contributed by atoms with Gasteiger partial charge in [-0.25, -0.2) is 9.37 Å². The monoisotopic (exact) mass is 356 g/mol. The topological polar surface area (TPSA) is 51.0 Å². The largest absolute Gasteiger partial charge is 0.329 e. The van der Waals surface area contributed by atoms with Crippen LogP contribution in [-0.2, 0) is 13.1 Å². The van der Waals surface area contributed by atoms with E-state index >= 15 is 0 Å². The van der Waals surface area contributed by atoms with Gasteiger partial charge in [-0.1, -0.05) is 11.6 Å². The van der Waals surface area contributed by atoms with Gasteiger partial charge in [-0.15, -0.1) is 0 Å². The van der Waals surface area contributed by atoms with Gasteiger partial charge in [0.05, 0.1) is 29.0 Å². The van der Waals surface area contributed by atoms with E-state index in [-0.39, 0.29) is 10.9 Å². The highest BCUT2D eigenvalue weighted by atomic mass is 35.5. The Morgan fingerprint density at radius 3 is 2.84 bits per heavy atom. The van der Waals surface area contributed by atoms with E-state index in [4.69, 9.17) is 11.6 Å². The number of fused-ring (bicyclic) bond motifs is 1. The molecular weight excluding hydrogens is 343 g/mol. The molecule has 126 valence electrons. The molecule has 4 rings (SSSR count). The normalized spacial score (nSPS) is 13.6. The second-order valence-corrected chi connectivity index (χ2v) is 6.21. The lowest BCUT2D eigenvalue weighted by Gasteiger charge is -2.29. The Balaban J connectivity index is 1.60. The lowest BCUT2D eigenvalue weighted by atomic mass is 10.1. The fourth-order valence-electron chi connectivity index (χ4n) is 3.01. The van der Waals surface area contributed by atoms with Gasteiger partial charge in [-0.05, 0) is 30.3 Å². The highest BCUT2D eigenvalue weighted by Crippen LogP contribution is 2.25. The van der Waals surface area contributed by atoms with Crippen molar-refractivity contribution in [2.24, 2.45) is 0 Å². The van der Waals surface area contributed by atoms with Crippen molar-refractivity contribution in [3.05, 3.63) is 71.2 Å². The molecule has 0 radical (unpaired) electrons. The summed E-state index contributed by atoms with van der Waals surface area (Å²) >= 11 is 6.01. The Morgan fingerprint density at radius 2 is 2.08 bits per heavy atom. The molecule has 0 fully saturated rings. The first-order valence-electron chi connectivity index (χ1n) is 7.82. The van der Waals surface area contributed by atoms with Crippen LogP contribution >= 0.6 is 11.6 Å². The van der Waals surface area contributed by atoms with Crippen LogP contribution in [0.5, 0.6) is 0 Å². The van der Waals surface area contributed by atoms with Gasteiger partial charge in [0.25, 0.3) is 5.91 Å². The van der Waals surface area contributed by atoms with Crippen LogP contribution < -0.4 is 0 Å². The third-order valence-corrected chi connectivity index (χ3v) is 4.58. The smallest absolute Gasteiger partial charge is 0.255 e. The van der Waals surface area contributed by atoms with E-state index in [1.807, 2.05) is 12.1 Å². The number of carbonyl (C=O) groups excluding carboxylic acids is 1. The Labute approximate surface area is 148 Å². The number of pyridine rings is 1. The van der Waals surface area contributed by atoms with Crippen molar-refractivity contribution in [2.45, 2.75) is 13.1 Å². The molecule has 0 aliphatic carbocycles. The zero-order valence-corrected chi connectivity index (χ0v) is 13.9. The molecule has 1 aliphatic heterocycles. The quantitative estimate of drug-likeness (QED) is 0.707. The summed E-state index contributed by atoms with van der Waals surface area (Å²) in [6, 6.07) is 7.67. The SMILES string of the molecule is O=C(c1ccc(F)cc1Cl)N1CCn2c(-c3cccnc3)cnc2C1. The molecule has 2 aromatic heterocycles. The van der Waals surface area contributed by atoms with Crippen LogP contribution in [0.25, 0.3) is 11.3 Å². The summed E-state index contributed by atoms with van der Waals surface area (Å²) in [6.45, 7) is 1.54. The number of nitrogens with zero attached hydrogens (tertiary/aromatic N) is 4. The first kappa shape index (κ1) is 15.8. The highest BCUT2D eigenvalue weighted by Gasteiger charge is 2.26. The molecule has 1 amide bonds. The molecule has 7 heteroatoms. The molecule has 1 aliphatic rings. The van der Waals surface area contributed by atoms with Gasteiger partial charge in [-0.2, -0.15) is 0 Å². The third kappa shape index (κ3) is 2.89. The van der Waals surface area contributed by atoms with E-state index in [9.17, 15) is 9.18 Å². The Bertz CT molecular complexity index is 942. The Hall–Kier alpha value is -2.73. The number of hydrogen-bond donors (Lipinski definition) is 0. The first-order valence-corrected chi connectivity index (χ1v) is 8.20. The van der Waals surface area contributed by atoms with E-state index in [1.165, 1.54) is 12.1 Å². The molecule has 0 N–H and O–H groups in total. The van der Waals surface area contributed by atoms with E-state index in [0.29, 0.717) is 25.2 Å². The average Bonchev–Trinajstić information content (AvgIpc) is 3.05. The van der Waals surface area contributed by atoms with Gasteiger partial charge in [0.2, 0.25) is 0 Å². The fourth-order valence-corrected chi connectivity index (χ4v) is 3.26. The predicted molar refractivity (Wildman–Crippen MR) is 91.6 cm³/mol. The number of benzene rings is 1. The number of halogens is 2. The van der Waals surface area contributed by atoms with Crippen molar-refractivity contribution in [3.63, 3.8) is 0 Å². The standard InChI is InChI=1S/C18H14ClFN4O/c19-15-8-13(20)3-4-14(15)18(25)23-6-7-24-16(10-22-17(24)11-23)12-2-1-5-21-9-12/h1-5,8-10H,6-7,11H2. The lowest BCUT2D eigenvalue weighted by Crippen LogP contribution is -2.38. The van der Waals surface area contributed by atoms with Crippen LogP contribution in [0.2, 0.25) is 5.02 Å². The number of hydrogen-bond acceptors (Lipinski definition) is 3. The molecule has 25 heavy (non-hydrogen) atoms. The van der Waals surface area contributed by atoms with E-state index < -0.39 is 5.82 Å². The van der Waals surface area contributed by atoms with Crippen LogP contribution in [0, 0.1) is 5.82 Å². The first-order chi connectivity index (χ1) is 12.1. The molecule has 5 nitrogen and oxygen atoms in total. The summed E-state index contributed by atoms with van der Waals surface area (Å²) < 4.78 is 15.3. The average molecular weight is 357 g/mol.